The van der Waals surface area contributed by atoms with Gasteiger partial charge in [0.2, 0.25) is 5.71 Å². The third kappa shape index (κ3) is 6.62. The van der Waals surface area contributed by atoms with Gasteiger partial charge >= 0.3 is 12.2 Å². The Labute approximate surface area is 230 Å². The maximum Gasteiger partial charge on any atom is 0.414 e. The van der Waals surface area contributed by atoms with Gasteiger partial charge in [-0.25, -0.2) is 18.0 Å². The highest BCUT2D eigenvalue weighted by Crippen LogP contribution is 2.44. The smallest absolute Gasteiger partial charge is 0.414 e. The van der Waals surface area contributed by atoms with Crippen molar-refractivity contribution in [3.8, 4) is 6.07 Å². The number of fused-ring (bicyclic) bond motifs is 1. The van der Waals surface area contributed by atoms with Crippen LogP contribution in [-0.4, -0.2) is 57.6 Å². The molecule has 2 aromatic rings. The molecule has 0 saturated heterocycles. The van der Waals surface area contributed by atoms with Crippen molar-refractivity contribution in [3.05, 3.63) is 59.2 Å². The van der Waals surface area contributed by atoms with E-state index in [0.717, 1.165) is 17.4 Å². The SMILES string of the molecule is CCOC(=O)NC(=O)C(=NNc1ccc2c(c1)CCC2(C#N)c1ccc(S(C)(=O)=O)cc1)C(=O)NC(=O)OCC. The van der Waals surface area contributed by atoms with E-state index >= 15 is 0 Å². The lowest BCUT2D eigenvalue weighted by molar-refractivity contribution is -0.118. The van der Waals surface area contributed by atoms with Gasteiger partial charge in [0.05, 0.1) is 29.9 Å². The number of hydrogen-bond donors (Lipinski definition) is 3. The Morgan fingerprint density at radius 3 is 2.05 bits per heavy atom. The summed E-state index contributed by atoms with van der Waals surface area (Å²) in [6, 6.07) is 13.5. The molecule has 210 valence electrons. The van der Waals surface area contributed by atoms with Crippen LogP contribution in [0.25, 0.3) is 0 Å². The van der Waals surface area contributed by atoms with Gasteiger partial charge in [-0.1, -0.05) is 18.2 Å². The minimum absolute atomic E-state index is 0.0278. The summed E-state index contributed by atoms with van der Waals surface area (Å²) in [6.07, 6.45) is -0.164. The summed E-state index contributed by atoms with van der Waals surface area (Å²) in [5, 5.41) is 17.6. The van der Waals surface area contributed by atoms with Crippen LogP contribution in [-0.2, 0) is 40.7 Å². The maximum absolute atomic E-state index is 12.5. The number of hydrogen-bond acceptors (Lipinski definition) is 11. The van der Waals surface area contributed by atoms with Crippen LogP contribution >= 0.6 is 0 Å². The van der Waals surface area contributed by atoms with Crippen molar-refractivity contribution >= 4 is 45.2 Å². The number of nitrogens with zero attached hydrogens (tertiary/aromatic N) is 2. The number of alkyl carbamates (subject to hydrolysis) is 2. The van der Waals surface area contributed by atoms with Crippen LogP contribution in [0, 0.1) is 11.3 Å². The number of nitriles is 1. The number of anilines is 1. The van der Waals surface area contributed by atoms with Crippen molar-refractivity contribution in [2.24, 2.45) is 5.10 Å². The molecule has 4 amide bonds. The first kappa shape index (κ1) is 29.8. The fraction of sp³-hybridized carbons (Fsp3) is 0.308. The normalized spacial score (nSPS) is 15.6. The van der Waals surface area contributed by atoms with E-state index in [1.807, 2.05) is 10.6 Å². The molecule has 1 aliphatic rings. The summed E-state index contributed by atoms with van der Waals surface area (Å²) in [4.78, 5) is 48.5. The van der Waals surface area contributed by atoms with Gasteiger partial charge in [0.1, 0.15) is 5.41 Å². The number of hydrazone groups is 1. The molecule has 0 aromatic heterocycles. The highest BCUT2D eigenvalue weighted by atomic mass is 32.2. The summed E-state index contributed by atoms with van der Waals surface area (Å²) in [5.41, 5.74) is 3.23. The van der Waals surface area contributed by atoms with Crippen molar-refractivity contribution in [2.45, 2.75) is 37.0 Å². The Bertz CT molecular complexity index is 1480. The maximum atomic E-state index is 12.5. The third-order valence-electron chi connectivity index (χ3n) is 6.01. The Hall–Kier alpha value is -4.77. The van der Waals surface area contributed by atoms with E-state index < -0.39 is 45.0 Å². The number of benzene rings is 2. The number of carbonyl (C=O) groups excluding carboxylic acids is 4. The summed E-state index contributed by atoms with van der Waals surface area (Å²) in [6.45, 7) is 2.99. The van der Waals surface area contributed by atoms with Crippen molar-refractivity contribution in [3.63, 3.8) is 0 Å². The zero-order chi connectivity index (χ0) is 29.5. The minimum atomic E-state index is -3.39. The van der Waals surface area contributed by atoms with E-state index in [2.05, 4.69) is 26.1 Å². The first-order valence-corrected chi connectivity index (χ1v) is 14.0. The lowest BCUT2D eigenvalue weighted by Crippen LogP contribution is -2.46. The zero-order valence-corrected chi connectivity index (χ0v) is 22.8. The van der Waals surface area contributed by atoms with Crippen molar-refractivity contribution in [1.82, 2.24) is 10.6 Å². The summed E-state index contributed by atoms with van der Waals surface area (Å²) in [7, 11) is -3.39. The highest BCUT2D eigenvalue weighted by Gasteiger charge is 2.41. The molecule has 1 aliphatic carbocycles. The number of imide groups is 2. The van der Waals surface area contributed by atoms with E-state index in [1.54, 1.807) is 30.3 Å². The predicted octanol–water partition coefficient (Wildman–Crippen LogP) is 2.16. The largest absolute Gasteiger partial charge is 0.450 e. The predicted molar refractivity (Wildman–Crippen MR) is 142 cm³/mol. The number of amides is 4. The number of ether oxygens (including phenoxy) is 2. The van der Waals surface area contributed by atoms with Gasteiger partial charge in [0, 0.05) is 6.26 Å². The second-order valence-corrected chi connectivity index (χ2v) is 10.6. The summed E-state index contributed by atoms with van der Waals surface area (Å²) < 4.78 is 32.9. The molecule has 2 aromatic carbocycles. The van der Waals surface area contributed by atoms with Crippen LogP contribution in [0.2, 0.25) is 0 Å². The van der Waals surface area contributed by atoms with Gasteiger partial charge < -0.3 is 9.47 Å². The summed E-state index contributed by atoms with van der Waals surface area (Å²) in [5.74, 6) is -2.45. The molecule has 0 radical (unpaired) electrons. The van der Waals surface area contributed by atoms with Crippen LogP contribution in [0.1, 0.15) is 37.0 Å². The summed E-state index contributed by atoms with van der Waals surface area (Å²) >= 11 is 0. The Morgan fingerprint density at radius 2 is 1.55 bits per heavy atom. The first-order valence-electron chi connectivity index (χ1n) is 12.1. The van der Waals surface area contributed by atoms with E-state index in [9.17, 15) is 32.9 Å². The molecule has 0 heterocycles. The molecular formula is C26H27N5O8S. The first-order chi connectivity index (χ1) is 18.9. The number of sulfone groups is 1. The van der Waals surface area contributed by atoms with Gasteiger partial charge in [-0.15, -0.1) is 0 Å². The Morgan fingerprint density at radius 1 is 0.975 bits per heavy atom. The fourth-order valence-electron chi connectivity index (χ4n) is 4.17. The molecule has 13 nitrogen and oxygen atoms in total. The number of nitrogens with one attached hydrogen (secondary N) is 3. The molecule has 14 heteroatoms. The monoisotopic (exact) mass is 569 g/mol. The van der Waals surface area contributed by atoms with E-state index in [0.29, 0.717) is 24.1 Å². The molecule has 1 unspecified atom stereocenters. The fourth-order valence-corrected chi connectivity index (χ4v) is 4.80. The molecule has 3 N–H and O–H groups in total. The van der Waals surface area contributed by atoms with Gasteiger partial charge in [-0.3, -0.25) is 25.6 Å². The minimum Gasteiger partial charge on any atom is -0.450 e. The highest BCUT2D eigenvalue weighted by molar-refractivity contribution is 7.90. The number of carbonyl (C=O) groups is 4. The van der Waals surface area contributed by atoms with Crippen molar-refractivity contribution in [1.29, 1.82) is 5.26 Å². The molecule has 1 atom stereocenters. The topological polar surface area (TPSA) is 193 Å². The Balaban J connectivity index is 1.89. The van der Waals surface area contributed by atoms with Crippen LogP contribution in [0.15, 0.2) is 52.5 Å². The van der Waals surface area contributed by atoms with Crippen molar-refractivity contribution < 1.29 is 37.1 Å². The van der Waals surface area contributed by atoms with Crippen LogP contribution in [0.4, 0.5) is 15.3 Å². The molecule has 3 rings (SSSR count). The van der Waals surface area contributed by atoms with Crippen LogP contribution in [0.5, 0.6) is 0 Å². The van der Waals surface area contributed by atoms with E-state index in [-0.39, 0.29) is 18.1 Å². The second-order valence-electron chi connectivity index (χ2n) is 8.61. The van der Waals surface area contributed by atoms with E-state index in [4.69, 9.17) is 0 Å². The number of rotatable bonds is 8. The van der Waals surface area contributed by atoms with E-state index in [1.165, 1.54) is 26.0 Å². The third-order valence-corrected chi connectivity index (χ3v) is 7.14. The molecule has 0 fully saturated rings. The lowest BCUT2D eigenvalue weighted by Gasteiger charge is -2.23. The molecule has 0 saturated carbocycles. The lowest BCUT2D eigenvalue weighted by atomic mass is 9.77. The van der Waals surface area contributed by atoms with Gasteiger partial charge in [0.15, 0.2) is 9.84 Å². The van der Waals surface area contributed by atoms with Crippen LogP contribution < -0.4 is 16.1 Å². The molecule has 0 spiro atoms. The molecule has 0 bridgehead atoms. The van der Waals surface area contributed by atoms with Gasteiger partial charge in [-0.2, -0.15) is 10.4 Å². The molecule has 40 heavy (non-hydrogen) atoms. The number of aryl methyl sites for hydroxylation is 1. The average Bonchev–Trinajstić information content (AvgIpc) is 3.27. The zero-order valence-electron chi connectivity index (χ0n) is 21.9. The Kier molecular flexibility index (Phi) is 9.23. The standard InChI is InChI=1S/C26H27N5O8S/c1-4-38-24(34)28-22(32)21(23(33)29-25(35)39-5-2)31-30-18-8-11-20-16(14-18)12-13-26(20,15-27)17-6-9-19(10-7-17)40(3,36)37/h6-11,14,30H,4-5,12-13H2,1-3H3,(H,28,32,34)(H,29,33,35). The van der Waals surface area contributed by atoms with Gasteiger partial charge in [0.25, 0.3) is 11.8 Å². The quantitative estimate of drug-likeness (QED) is 0.241. The van der Waals surface area contributed by atoms with Gasteiger partial charge in [-0.05, 0) is 67.6 Å². The molecular weight excluding hydrogens is 542 g/mol. The average molecular weight is 570 g/mol. The second kappa shape index (κ2) is 12.4. The van der Waals surface area contributed by atoms with Crippen LogP contribution in [0.3, 0.4) is 0 Å². The van der Waals surface area contributed by atoms with Crippen molar-refractivity contribution in [2.75, 3.05) is 24.9 Å². The molecule has 0 aliphatic heterocycles.